The Morgan fingerprint density at radius 1 is 1.04 bits per heavy atom. The Morgan fingerprint density at radius 2 is 1.83 bits per heavy atom. The van der Waals surface area contributed by atoms with Gasteiger partial charge in [0.2, 0.25) is 0 Å². The lowest BCUT2D eigenvalue weighted by molar-refractivity contribution is -0.142. The molecule has 4 N–H and O–H groups in total. The molecular formula is C34H43N7O5. The van der Waals surface area contributed by atoms with Gasteiger partial charge in [0.25, 0.3) is 5.91 Å². The van der Waals surface area contributed by atoms with Gasteiger partial charge in [0.15, 0.2) is 0 Å². The number of rotatable bonds is 15. The molecule has 2 heterocycles. The molecule has 0 aliphatic carbocycles. The number of amides is 2. The standard InChI is InChI=1S/C34H43N7O5/c1-5-10-26(6-2)46-34(44)39-32(35)23-12-15-25(16-13-23)37-22-30-38-27-21-24(14-17-28(27)40(30)4)33(43)41(20-18-31(42)45-7-3)29-11-8-9-19-36-29/h8-9,11-17,19,21,26,32,37H,5-7,10,18,20,22,35H2,1-4H3,(H,39,44)/t26-,32+/m1/s1. The maximum atomic E-state index is 13.6. The second-order valence-corrected chi connectivity index (χ2v) is 10.8. The van der Waals surface area contributed by atoms with Crippen LogP contribution in [0.4, 0.5) is 16.3 Å². The predicted molar refractivity (Wildman–Crippen MR) is 177 cm³/mol. The van der Waals surface area contributed by atoms with Crippen molar-refractivity contribution in [2.24, 2.45) is 12.8 Å². The number of nitrogens with one attached hydrogen (secondary N) is 2. The molecule has 0 spiro atoms. The van der Waals surface area contributed by atoms with E-state index in [1.165, 1.54) is 4.90 Å². The lowest BCUT2D eigenvalue weighted by atomic mass is 10.1. The van der Waals surface area contributed by atoms with E-state index in [-0.39, 0.29) is 37.6 Å². The Kier molecular flexibility index (Phi) is 12.1. The summed E-state index contributed by atoms with van der Waals surface area (Å²) in [5.74, 6) is 0.548. The van der Waals surface area contributed by atoms with E-state index in [0.29, 0.717) is 23.4 Å². The fourth-order valence-electron chi connectivity index (χ4n) is 5.02. The summed E-state index contributed by atoms with van der Waals surface area (Å²) in [7, 11) is 1.92. The number of hydrogen-bond donors (Lipinski definition) is 3. The fourth-order valence-corrected chi connectivity index (χ4v) is 5.02. The van der Waals surface area contributed by atoms with Crippen molar-refractivity contribution in [3.05, 3.63) is 83.8 Å². The predicted octanol–water partition coefficient (Wildman–Crippen LogP) is 5.44. The zero-order valence-corrected chi connectivity index (χ0v) is 26.9. The van der Waals surface area contributed by atoms with E-state index in [2.05, 4.69) is 22.5 Å². The molecule has 2 atom stereocenters. The fraction of sp³-hybridized carbons (Fsp3) is 0.382. The van der Waals surface area contributed by atoms with Crippen LogP contribution < -0.4 is 21.3 Å². The smallest absolute Gasteiger partial charge is 0.408 e. The number of imidazole rings is 1. The minimum Gasteiger partial charge on any atom is -0.466 e. The van der Waals surface area contributed by atoms with Crippen molar-refractivity contribution in [2.45, 2.75) is 65.3 Å². The van der Waals surface area contributed by atoms with Gasteiger partial charge in [-0.2, -0.15) is 0 Å². The summed E-state index contributed by atoms with van der Waals surface area (Å²) in [6.07, 6.45) is 2.81. The summed E-state index contributed by atoms with van der Waals surface area (Å²) in [5, 5.41) is 6.07. The van der Waals surface area contributed by atoms with E-state index in [1.54, 1.807) is 43.5 Å². The van der Waals surface area contributed by atoms with Crippen LogP contribution >= 0.6 is 0 Å². The summed E-state index contributed by atoms with van der Waals surface area (Å²) >= 11 is 0. The highest BCUT2D eigenvalue weighted by Gasteiger charge is 2.22. The molecule has 0 unspecified atom stereocenters. The van der Waals surface area contributed by atoms with Crippen molar-refractivity contribution in [3.63, 3.8) is 0 Å². The van der Waals surface area contributed by atoms with Gasteiger partial charge in [-0.3, -0.25) is 14.5 Å². The number of esters is 1. The lowest BCUT2D eigenvalue weighted by Gasteiger charge is -2.21. The molecule has 2 amide bonds. The molecule has 0 aliphatic rings. The van der Waals surface area contributed by atoms with Crippen LogP contribution in [0.25, 0.3) is 11.0 Å². The zero-order chi connectivity index (χ0) is 33.1. The number of benzene rings is 2. The van der Waals surface area contributed by atoms with Crippen LogP contribution in [0, 0.1) is 0 Å². The molecule has 2 aromatic heterocycles. The third kappa shape index (κ3) is 8.81. The SMILES string of the molecule is CCC[C@@H](CC)OC(=O)N[C@H](N)c1ccc(NCc2nc3cc(C(=O)N(CCC(=O)OCC)c4ccccn4)ccc3n2C)cc1. The topological polar surface area (TPSA) is 154 Å². The van der Waals surface area contributed by atoms with E-state index in [9.17, 15) is 14.4 Å². The zero-order valence-electron chi connectivity index (χ0n) is 26.9. The van der Waals surface area contributed by atoms with Gasteiger partial charge in [-0.25, -0.2) is 14.8 Å². The van der Waals surface area contributed by atoms with Crippen molar-refractivity contribution in [2.75, 3.05) is 23.4 Å². The molecule has 46 heavy (non-hydrogen) atoms. The molecule has 0 bridgehead atoms. The van der Waals surface area contributed by atoms with Crippen LogP contribution in [-0.4, -0.2) is 51.8 Å². The highest BCUT2D eigenvalue weighted by atomic mass is 16.6. The van der Waals surface area contributed by atoms with Crippen LogP contribution in [0.5, 0.6) is 0 Å². The van der Waals surface area contributed by atoms with Crippen LogP contribution in [0.15, 0.2) is 66.9 Å². The number of aromatic nitrogens is 3. The van der Waals surface area contributed by atoms with E-state index >= 15 is 0 Å². The van der Waals surface area contributed by atoms with Gasteiger partial charge in [-0.1, -0.05) is 38.5 Å². The van der Waals surface area contributed by atoms with Gasteiger partial charge in [0.1, 0.15) is 23.9 Å². The lowest BCUT2D eigenvalue weighted by Crippen LogP contribution is -2.36. The van der Waals surface area contributed by atoms with E-state index < -0.39 is 12.3 Å². The van der Waals surface area contributed by atoms with Crippen molar-refractivity contribution >= 4 is 40.5 Å². The normalized spacial score (nSPS) is 12.3. The Morgan fingerprint density at radius 3 is 2.50 bits per heavy atom. The van der Waals surface area contributed by atoms with Crippen LogP contribution in [0.1, 0.15) is 74.4 Å². The summed E-state index contributed by atoms with van der Waals surface area (Å²) in [6, 6.07) is 18.1. The van der Waals surface area contributed by atoms with Crippen molar-refractivity contribution in [1.82, 2.24) is 19.9 Å². The van der Waals surface area contributed by atoms with Crippen molar-refractivity contribution in [3.8, 4) is 0 Å². The van der Waals surface area contributed by atoms with Crippen LogP contribution in [-0.2, 0) is 27.9 Å². The van der Waals surface area contributed by atoms with Crippen molar-refractivity contribution in [1.29, 1.82) is 0 Å². The number of nitrogens with zero attached hydrogens (tertiary/aromatic N) is 4. The van der Waals surface area contributed by atoms with E-state index in [4.69, 9.17) is 20.2 Å². The third-order valence-corrected chi connectivity index (χ3v) is 7.57. The average Bonchev–Trinajstić information content (AvgIpc) is 3.38. The first-order valence-corrected chi connectivity index (χ1v) is 15.6. The molecule has 12 nitrogen and oxygen atoms in total. The minimum absolute atomic E-state index is 0.0478. The number of anilines is 2. The molecule has 12 heteroatoms. The highest BCUT2D eigenvalue weighted by molar-refractivity contribution is 6.07. The third-order valence-electron chi connectivity index (χ3n) is 7.57. The van der Waals surface area contributed by atoms with Gasteiger partial charge in [-0.05, 0) is 67.8 Å². The van der Waals surface area contributed by atoms with Crippen LogP contribution in [0.2, 0.25) is 0 Å². The minimum atomic E-state index is -0.698. The molecule has 2 aromatic carbocycles. The number of carbonyl (C=O) groups is 3. The number of alkyl carbamates (subject to hydrolysis) is 1. The van der Waals surface area contributed by atoms with E-state index in [0.717, 1.165) is 41.9 Å². The second-order valence-electron chi connectivity index (χ2n) is 10.8. The quantitative estimate of drug-likeness (QED) is 0.115. The first kappa shape index (κ1) is 33.9. The summed E-state index contributed by atoms with van der Waals surface area (Å²) in [5.41, 5.74) is 9.75. The van der Waals surface area contributed by atoms with Gasteiger partial charge < -0.3 is 30.4 Å². The number of fused-ring (bicyclic) bond motifs is 1. The van der Waals surface area contributed by atoms with Gasteiger partial charge >= 0.3 is 12.1 Å². The maximum absolute atomic E-state index is 13.6. The molecule has 0 saturated carbocycles. The molecule has 244 valence electrons. The monoisotopic (exact) mass is 629 g/mol. The van der Waals surface area contributed by atoms with Crippen molar-refractivity contribution < 1.29 is 23.9 Å². The highest BCUT2D eigenvalue weighted by Crippen LogP contribution is 2.22. The summed E-state index contributed by atoms with van der Waals surface area (Å²) < 4.78 is 12.5. The Balaban J connectivity index is 1.41. The van der Waals surface area contributed by atoms with Crippen LogP contribution in [0.3, 0.4) is 0 Å². The molecule has 0 saturated heterocycles. The first-order valence-electron chi connectivity index (χ1n) is 15.6. The van der Waals surface area contributed by atoms with Gasteiger partial charge in [-0.15, -0.1) is 0 Å². The first-order chi connectivity index (χ1) is 22.2. The Bertz CT molecular complexity index is 1610. The molecule has 0 fully saturated rings. The Hall–Kier alpha value is -4.97. The number of hydrogen-bond acceptors (Lipinski definition) is 9. The van der Waals surface area contributed by atoms with E-state index in [1.807, 2.05) is 48.9 Å². The molecular weight excluding hydrogens is 586 g/mol. The second kappa shape index (κ2) is 16.4. The Labute approximate surface area is 269 Å². The number of pyridine rings is 1. The molecule has 0 radical (unpaired) electrons. The number of ether oxygens (including phenoxy) is 2. The number of aryl methyl sites for hydroxylation is 1. The molecule has 4 rings (SSSR count). The number of nitrogens with two attached hydrogens (primary N) is 1. The molecule has 0 aliphatic heterocycles. The number of carbonyl (C=O) groups excluding carboxylic acids is 3. The summed E-state index contributed by atoms with van der Waals surface area (Å²) in [4.78, 5) is 48.5. The largest absolute Gasteiger partial charge is 0.466 e. The average molecular weight is 630 g/mol. The summed E-state index contributed by atoms with van der Waals surface area (Å²) in [6.45, 7) is 6.62. The maximum Gasteiger partial charge on any atom is 0.408 e. The van der Waals surface area contributed by atoms with Gasteiger partial charge in [0.05, 0.1) is 30.6 Å². The van der Waals surface area contributed by atoms with Gasteiger partial charge in [0, 0.05) is 31.0 Å². The molecule has 4 aromatic rings.